The zero-order chi connectivity index (χ0) is 34.8. The summed E-state index contributed by atoms with van der Waals surface area (Å²) in [7, 11) is 0. The number of aliphatic hydroxyl groups excluding tert-OH is 1. The summed E-state index contributed by atoms with van der Waals surface area (Å²) in [4.78, 5) is 18.6. The predicted octanol–water partition coefficient (Wildman–Crippen LogP) is 5.62. The smallest absolute Gasteiger partial charge is 0.254 e. The van der Waals surface area contributed by atoms with Crippen LogP contribution in [0.15, 0.2) is 78.6 Å². The van der Waals surface area contributed by atoms with Crippen LogP contribution in [0, 0.1) is 17.3 Å². The molecule has 6 atom stereocenters. The molecule has 2 aromatic carbocycles. The van der Waals surface area contributed by atoms with Crippen molar-refractivity contribution >= 4 is 17.2 Å². The molecule has 49 heavy (non-hydrogen) atoms. The van der Waals surface area contributed by atoms with E-state index < -0.39 is 17.6 Å². The van der Waals surface area contributed by atoms with Crippen LogP contribution < -0.4 is 21.0 Å². The Kier molecular flexibility index (Phi) is 13.2. The minimum atomic E-state index is -0.882. The Hall–Kier alpha value is -3.32. The number of fused-ring (bicyclic) bond motifs is 1. The van der Waals surface area contributed by atoms with Gasteiger partial charge in [-0.05, 0) is 72.6 Å². The van der Waals surface area contributed by atoms with Crippen molar-refractivity contribution < 1.29 is 24.6 Å². The second kappa shape index (κ2) is 17.6. The normalized spacial score (nSPS) is 21.1. The fourth-order valence-corrected chi connectivity index (χ4v) is 7.59. The van der Waals surface area contributed by atoms with E-state index in [2.05, 4.69) is 27.8 Å². The molecule has 1 aliphatic carbocycles. The highest BCUT2D eigenvalue weighted by atomic mass is 32.1. The average Bonchev–Trinajstić information content (AvgIpc) is 3.77. The van der Waals surface area contributed by atoms with Crippen molar-refractivity contribution in [2.75, 3.05) is 13.2 Å². The van der Waals surface area contributed by atoms with Crippen LogP contribution in [-0.4, -0.2) is 63.7 Å². The van der Waals surface area contributed by atoms with Crippen molar-refractivity contribution in [3.05, 3.63) is 94.6 Å². The van der Waals surface area contributed by atoms with Gasteiger partial charge in [0.05, 0.1) is 28.6 Å². The lowest BCUT2D eigenvalue weighted by Gasteiger charge is -2.36. The van der Waals surface area contributed by atoms with Crippen molar-refractivity contribution in [2.45, 2.75) is 96.7 Å². The number of hydrazine groups is 1. The summed E-state index contributed by atoms with van der Waals surface area (Å²) < 4.78 is 12.0. The Morgan fingerprint density at radius 3 is 2.59 bits per heavy atom. The number of ether oxygens (including phenoxy) is 2. The molecule has 11 heteroatoms. The largest absolute Gasteiger partial charge is 0.488 e. The Morgan fingerprint density at radius 2 is 1.90 bits per heavy atom. The molecule has 266 valence electrons. The fourth-order valence-electron chi connectivity index (χ4n) is 7.09. The number of hydrogen-bond donors (Lipinski definition) is 5. The number of carbonyl (C=O) groups is 1. The molecule has 2 heterocycles. The summed E-state index contributed by atoms with van der Waals surface area (Å²) in [5.41, 5.74) is 9.32. The first-order chi connectivity index (χ1) is 23.6. The maximum Gasteiger partial charge on any atom is 0.254 e. The molecule has 1 saturated heterocycles. The standard InChI is InChI=1S/C38H53N5O5S/c1-26(19-29-11-8-12-35-32(29)17-18-47-35)40-33(20-27-13-15-30(16-14-27)48-24-31-21-39-25-49-31)34(44)23-43(22-28-9-6-5-7-10-28)41-37(45)36(42-46)38(2,3)4/h5-7,9-10,13-16,21,25,29,32-36,40,42,44,46H,1,8,11-12,17-20,22-24H2,2-4H3,(H,41,45). The second-order valence-corrected chi connectivity index (χ2v) is 15.5. The number of nitrogens with one attached hydrogen (secondary N) is 3. The molecule has 0 radical (unpaired) electrons. The first-order valence-corrected chi connectivity index (χ1v) is 18.3. The lowest BCUT2D eigenvalue weighted by atomic mass is 9.75. The third-order valence-electron chi connectivity index (χ3n) is 9.69. The van der Waals surface area contributed by atoms with Crippen LogP contribution in [0.3, 0.4) is 0 Å². The van der Waals surface area contributed by atoms with Crippen molar-refractivity contribution in [3.63, 3.8) is 0 Å². The minimum Gasteiger partial charge on any atom is -0.488 e. The maximum atomic E-state index is 13.4. The van der Waals surface area contributed by atoms with Gasteiger partial charge in [0, 0.05) is 31.6 Å². The highest BCUT2D eigenvalue weighted by molar-refractivity contribution is 7.09. The number of benzene rings is 2. The second-order valence-electron chi connectivity index (χ2n) is 14.6. The molecule has 5 N–H and O–H groups in total. The van der Waals surface area contributed by atoms with E-state index in [4.69, 9.17) is 9.47 Å². The number of thiazole rings is 1. The van der Waals surface area contributed by atoms with E-state index in [0.717, 1.165) is 66.2 Å². The van der Waals surface area contributed by atoms with Gasteiger partial charge in [-0.2, -0.15) is 5.48 Å². The molecule has 2 fully saturated rings. The fraction of sp³-hybridized carbons (Fsp3) is 0.526. The van der Waals surface area contributed by atoms with E-state index in [-0.39, 0.29) is 18.5 Å². The summed E-state index contributed by atoms with van der Waals surface area (Å²) in [6.07, 6.45) is 7.20. The SMILES string of the molecule is C=C(CC1CCCC2OCCC12)NC(Cc1ccc(OCc2cncs2)cc1)C(O)CN(Cc1ccccc1)NC(=O)C(NO)C(C)(C)C. The number of aromatic nitrogens is 1. The van der Waals surface area contributed by atoms with E-state index in [1.807, 2.05) is 81.6 Å². The van der Waals surface area contributed by atoms with E-state index in [1.165, 1.54) is 0 Å². The first-order valence-electron chi connectivity index (χ1n) is 17.4. The van der Waals surface area contributed by atoms with Crippen LogP contribution >= 0.6 is 11.3 Å². The van der Waals surface area contributed by atoms with Gasteiger partial charge in [-0.3, -0.25) is 15.2 Å². The average molecular weight is 692 g/mol. The zero-order valence-corrected chi connectivity index (χ0v) is 29.8. The Labute approximate surface area is 294 Å². The van der Waals surface area contributed by atoms with E-state index >= 15 is 0 Å². The highest BCUT2D eigenvalue weighted by Crippen LogP contribution is 2.41. The van der Waals surface area contributed by atoms with Gasteiger partial charge in [0.1, 0.15) is 18.4 Å². The molecule has 1 amide bonds. The van der Waals surface area contributed by atoms with Gasteiger partial charge in [0.25, 0.3) is 5.91 Å². The van der Waals surface area contributed by atoms with Crippen molar-refractivity contribution in [1.82, 2.24) is 26.2 Å². The molecule has 1 saturated carbocycles. The third-order valence-corrected chi connectivity index (χ3v) is 10.4. The number of carbonyl (C=O) groups excluding carboxylic acids is 1. The van der Waals surface area contributed by atoms with E-state index in [9.17, 15) is 15.1 Å². The molecule has 0 spiro atoms. The number of amides is 1. The number of hydrogen-bond acceptors (Lipinski definition) is 10. The summed E-state index contributed by atoms with van der Waals surface area (Å²) in [5.74, 6) is 1.44. The van der Waals surface area contributed by atoms with E-state index in [0.29, 0.717) is 37.5 Å². The van der Waals surface area contributed by atoms with Crippen LogP contribution in [0.4, 0.5) is 0 Å². The maximum absolute atomic E-state index is 13.4. The van der Waals surface area contributed by atoms with Gasteiger partial charge in [-0.25, -0.2) is 5.01 Å². The molecule has 10 nitrogen and oxygen atoms in total. The summed E-state index contributed by atoms with van der Waals surface area (Å²) in [5, 5.41) is 27.1. The lowest BCUT2D eigenvalue weighted by molar-refractivity contribution is -0.135. The van der Waals surface area contributed by atoms with Crippen LogP contribution in [0.2, 0.25) is 0 Å². The van der Waals surface area contributed by atoms with Crippen LogP contribution in [0.5, 0.6) is 5.75 Å². The lowest BCUT2D eigenvalue weighted by Crippen LogP contribution is -2.57. The highest BCUT2D eigenvalue weighted by Gasteiger charge is 2.38. The zero-order valence-electron chi connectivity index (χ0n) is 29.0. The van der Waals surface area contributed by atoms with Gasteiger partial charge in [0.15, 0.2) is 0 Å². The molecule has 0 bridgehead atoms. The number of allylic oxidation sites excluding steroid dienone is 1. The van der Waals surface area contributed by atoms with Crippen molar-refractivity contribution in [2.24, 2.45) is 17.3 Å². The van der Waals surface area contributed by atoms with Crippen LogP contribution in [0.1, 0.15) is 68.9 Å². The molecular weight excluding hydrogens is 639 g/mol. The van der Waals surface area contributed by atoms with Gasteiger partial charge >= 0.3 is 0 Å². The molecule has 1 aromatic heterocycles. The van der Waals surface area contributed by atoms with Gasteiger partial charge in [-0.15, -0.1) is 11.3 Å². The monoisotopic (exact) mass is 691 g/mol. The topological polar surface area (TPSA) is 128 Å². The van der Waals surface area contributed by atoms with Crippen molar-refractivity contribution in [1.29, 1.82) is 0 Å². The third kappa shape index (κ3) is 10.8. The molecular formula is C38H53N5O5S. The van der Waals surface area contributed by atoms with Crippen LogP contribution in [0.25, 0.3) is 0 Å². The molecule has 1 aliphatic heterocycles. The Bertz CT molecular complexity index is 1450. The molecule has 2 aliphatic rings. The quantitative estimate of drug-likeness (QED) is 0.115. The summed E-state index contributed by atoms with van der Waals surface area (Å²) in [6, 6.07) is 16.5. The number of hydroxylamine groups is 1. The summed E-state index contributed by atoms with van der Waals surface area (Å²) >= 11 is 1.56. The molecule has 3 aromatic rings. The van der Waals surface area contributed by atoms with Gasteiger partial charge in [0.2, 0.25) is 0 Å². The Morgan fingerprint density at radius 1 is 1.12 bits per heavy atom. The molecule has 5 rings (SSSR count). The molecule has 6 unspecified atom stereocenters. The van der Waals surface area contributed by atoms with Crippen LogP contribution in [-0.2, 0) is 29.1 Å². The minimum absolute atomic E-state index is 0.145. The van der Waals surface area contributed by atoms with Gasteiger partial charge in [-0.1, -0.05) is 76.2 Å². The predicted molar refractivity (Wildman–Crippen MR) is 192 cm³/mol. The van der Waals surface area contributed by atoms with Crippen molar-refractivity contribution in [3.8, 4) is 5.75 Å². The summed E-state index contributed by atoms with van der Waals surface area (Å²) in [6.45, 7) is 11.9. The number of nitrogens with zero attached hydrogens (tertiary/aromatic N) is 2. The Balaban J connectivity index is 1.31. The van der Waals surface area contributed by atoms with E-state index in [1.54, 1.807) is 21.9 Å². The number of aliphatic hydroxyl groups is 1. The first kappa shape index (κ1) is 36.9. The number of rotatable bonds is 17. The van der Waals surface area contributed by atoms with Gasteiger partial charge < -0.3 is 25.1 Å².